The van der Waals surface area contributed by atoms with Crippen molar-refractivity contribution in [1.29, 1.82) is 0 Å². The van der Waals surface area contributed by atoms with Crippen LogP contribution in [0.5, 0.6) is 0 Å². The molecule has 0 spiro atoms. The van der Waals surface area contributed by atoms with Gasteiger partial charge in [-0.05, 0) is 43.3 Å². The van der Waals surface area contributed by atoms with Crippen LogP contribution in [0, 0.1) is 6.92 Å². The zero-order valence-electron chi connectivity index (χ0n) is 17.6. The van der Waals surface area contributed by atoms with E-state index in [4.69, 9.17) is 0 Å². The van der Waals surface area contributed by atoms with E-state index in [2.05, 4.69) is 58.5 Å². The number of alkyl halides is 1. The Kier molecular flexibility index (Phi) is 5.04. The van der Waals surface area contributed by atoms with Gasteiger partial charge in [-0.25, -0.2) is 8.42 Å². The van der Waals surface area contributed by atoms with Crippen LogP contribution in [-0.2, 0) is 16.9 Å². The molecule has 0 amide bonds. The van der Waals surface area contributed by atoms with Crippen LogP contribution >= 0.6 is 22.6 Å². The van der Waals surface area contributed by atoms with Crippen LogP contribution in [0.15, 0.2) is 53.6 Å². The van der Waals surface area contributed by atoms with Crippen LogP contribution in [0.25, 0.3) is 16.9 Å². The van der Waals surface area contributed by atoms with E-state index < -0.39 is 9.84 Å². The van der Waals surface area contributed by atoms with E-state index >= 15 is 0 Å². The van der Waals surface area contributed by atoms with Crippen molar-refractivity contribution in [1.82, 2.24) is 29.8 Å². The Balaban J connectivity index is 1.71. The van der Waals surface area contributed by atoms with Crippen molar-refractivity contribution < 1.29 is 8.42 Å². The van der Waals surface area contributed by atoms with Crippen LogP contribution < -0.4 is 4.90 Å². The Morgan fingerprint density at radius 2 is 1.81 bits per heavy atom. The second kappa shape index (κ2) is 7.66. The van der Waals surface area contributed by atoms with Gasteiger partial charge in [0.25, 0.3) is 0 Å². The average Bonchev–Trinajstić information content (AvgIpc) is 3.33. The highest BCUT2D eigenvalue weighted by Gasteiger charge is 2.29. The first-order chi connectivity index (χ1) is 15.2. The molecule has 4 aromatic rings. The maximum atomic E-state index is 11.9. The Labute approximate surface area is 199 Å². The standard InChI is InChI=1S/C21H20IN7O2S/c1-13-24-25-21-17(22)12-28(15-5-7-16(8-6-15)32(3,30)31)20-10-14(4-9-19(20)29(13)21)18-11-23-27(2)26-18/h4-11,17H,12H2,1-3H3/t17-/m1/s1. The fraction of sp³-hybridized carbons (Fsp3) is 0.238. The Hall–Kier alpha value is -2.80. The number of anilines is 2. The number of sulfone groups is 1. The molecule has 32 heavy (non-hydrogen) atoms. The number of aromatic nitrogens is 6. The lowest BCUT2D eigenvalue weighted by molar-refractivity contribution is 0.602. The van der Waals surface area contributed by atoms with E-state index in [1.165, 1.54) is 11.1 Å². The first kappa shape index (κ1) is 21.1. The second-order valence-electron chi connectivity index (χ2n) is 7.71. The number of benzene rings is 2. The molecule has 3 heterocycles. The molecule has 0 saturated heterocycles. The summed E-state index contributed by atoms with van der Waals surface area (Å²) in [6, 6.07) is 13.1. The summed E-state index contributed by atoms with van der Waals surface area (Å²) >= 11 is 2.38. The van der Waals surface area contributed by atoms with Crippen molar-refractivity contribution >= 4 is 43.8 Å². The number of halogens is 1. The first-order valence-electron chi connectivity index (χ1n) is 9.87. The van der Waals surface area contributed by atoms with Crippen molar-refractivity contribution in [2.75, 3.05) is 17.7 Å². The van der Waals surface area contributed by atoms with Gasteiger partial charge in [-0.3, -0.25) is 4.57 Å². The summed E-state index contributed by atoms with van der Waals surface area (Å²) < 4.78 is 26.0. The molecule has 1 aliphatic heterocycles. The summed E-state index contributed by atoms with van der Waals surface area (Å²) in [7, 11) is -1.48. The van der Waals surface area contributed by atoms with Crippen molar-refractivity contribution in [3.63, 3.8) is 0 Å². The topological polar surface area (TPSA) is 98.8 Å². The van der Waals surface area contributed by atoms with Gasteiger partial charge in [-0.15, -0.1) is 10.2 Å². The largest absolute Gasteiger partial charge is 0.338 e. The van der Waals surface area contributed by atoms with E-state index in [1.54, 1.807) is 25.4 Å². The zero-order chi connectivity index (χ0) is 22.6. The fourth-order valence-electron chi connectivity index (χ4n) is 3.90. The van der Waals surface area contributed by atoms with Crippen molar-refractivity contribution in [2.45, 2.75) is 15.7 Å². The number of fused-ring (bicyclic) bond motifs is 3. The van der Waals surface area contributed by atoms with E-state index in [1.807, 2.05) is 31.2 Å². The molecule has 11 heteroatoms. The predicted octanol–water partition coefficient (Wildman–Crippen LogP) is 3.40. The lowest BCUT2D eigenvalue weighted by atomic mass is 10.1. The zero-order valence-corrected chi connectivity index (χ0v) is 20.6. The normalized spacial score (nSPS) is 15.9. The molecular formula is C21H20IN7O2S. The minimum Gasteiger partial charge on any atom is -0.338 e. The van der Waals surface area contributed by atoms with Gasteiger partial charge in [0.2, 0.25) is 0 Å². The average molecular weight is 561 g/mol. The maximum absolute atomic E-state index is 11.9. The molecular weight excluding hydrogens is 541 g/mol. The van der Waals surface area contributed by atoms with Gasteiger partial charge in [0.15, 0.2) is 15.7 Å². The molecule has 0 unspecified atom stereocenters. The molecule has 2 aromatic heterocycles. The van der Waals surface area contributed by atoms with Crippen LogP contribution in [0.3, 0.4) is 0 Å². The highest BCUT2D eigenvalue weighted by Crippen LogP contribution is 2.41. The number of aryl methyl sites for hydroxylation is 2. The van der Waals surface area contributed by atoms with Crippen molar-refractivity contribution in [2.24, 2.45) is 7.05 Å². The van der Waals surface area contributed by atoms with Crippen LogP contribution in [-0.4, -0.2) is 51.0 Å². The summed E-state index contributed by atoms with van der Waals surface area (Å²) in [4.78, 5) is 4.02. The fourth-order valence-corrected chi connectivity index (χ4v) is 5.33. The summed E-state index contributed by atoms with van der Waals surface area (Å²) in [5.74, 6) is 1.69. The number of nitrogens with zero attached hydrogens (tertiary/aromatic N) is 7. The maximum Gasteiger partial charge on any atom is 0.175 e. The third kappa shape index (κ3) is 3.58. The minimum atomic E-state index is -3.27. The molecule has 0 bridgehead atoms. The van der Waals surface area contributed by atoms with Gasteiger partial charge in [-0.2, -0.15) is 15.0 Å². The molecule has 2 aromatic carbocycles. The van der Waals surface area contributed by atoms with Crippen LogP contribution in [0.1, 0.15) is 15.6 Å². The van der Waals surface area contributed by atoms with E-state index in [9.17, 15) is 8.42 Å². The number of hydrogen-bond donors (Lipinski definition) is 0. The molecule has 0 saturated carbocycles. The van der Waals surface area contributed by atoms with Crippen LogP contribution in [0.2, 0.25) is 0 Å². The first-order valence-corrected chi connectivity index (χ1v) is 13.0. The van der Waals surface area contributed by atoms with Crippen molar-refractivity contribution in [3.8, 4) is 16.9 Å². The summed E-state index contributed by atoms with van der Waals surface area (Å²) in [5, 5.41) is 17.4. The predicted molar refractivity (Wildman–Crippen MR) is 129 cm³/mol. The summed E-state index contributed by atoms with van der Waals surface area (Å²) in [6.45, 7) is 2.59. The van der Waals surface area contributed by atoms with E-state index in [-0.39, 0.29) is 3.92 Å². The van der Waals surface area contributed by atoms with Gasteiger partial charge >= 0.3 is 0 Å². The highest BCUT2D eigenvalue weighted by atomic mass is 127. The van der Waals surface area contributed by atoms with Crippen molar-refractivity contribution in [3.05, 3.63) is 60.3 Å². The quantitative estimate of drug-likeness (QED) is 0.279. The Bertz CT molecular complexity index is 1430. The van der Waals surface area contributed by atoms with E-state index in [0.717, 1.165) is 40.0 Å². The molecule has 0 fully saturated rings. The molecule has 1 atom stereocenters. The smallest absolute Gasteiger partial charge is 0.175 e. The van der Waals surface area contributed by atoms with Gasteiger partial charge in [0.05, 0.1) is 26.4 Å². The van der Waals surface area contributed by atoms with Gasteiger partial charge in [-0.1, -0.05) is 28.7 Å². The molecule has 0 radical (unpaired) electrons. The van der Waals surface area contributed by atoms with Gasteiger partial charge in [0, 0.05) is 31.1 Å². The molecule has 9 nitrogen and oxygen atoms in total. The SMILES string of the molecule is Cc1nnc2n1-c1ccc(-c3cnn(C)n3)cc1N(c1ccc(S(C)(=O)=O)cc1)C[C@H]2I. The van der Waals surface area contributed by atoms with Gasteiger partial charge in [0.1, 0.15) is 11.5 Å². The Morgan fingerprint density at radius 1 is 1.06 bits per heavy atom. The molecule has 1 aliphatic rings. The third-order valence-corrected chi connectivity index (χ3v) is 7.53. The second-order valence-corrected chi connectivity index (χ2v) is 11.2. The number of hydrogen-bond acceptors (Lipinski definition) is 7. The molecule has 164 valence electrons. The van der Waals surface area contributed by atoms with Crippen LogP contribution in [0.4, 0.5) is 11.4 Å². The number of rotatable bonds is 3. The summed E-state index contributed by atoms with van der Waals surface area (Å²) in [5.41, 5.74) is 4.53. The third-order valence-electron chi connectivity index (χ3n) is 5.45. The van der Waals surface area contributed by atoms with E-state index in [0.29, 0.717) is 11.4 Å². The molecule has 0 N–H and O–H groups in total. The lowest BCUT2D eigenvalue weighted by Crippen LogP contribution is -2.21. The minimum absolute atomic E-state index is 0.0655. The lowest BCUT2D eigenvalue weighted by Gasteiger charge is -2.26. The molecule has 0 aliphatic carbocycles. The summed E-state index contributed by atoms with van der Waals surface area (Å²) in [6.07, 6.45) is 2.95. The van der Waals surface area contributed by atoms with Gasteiger partial charge < -0.3 is 4.90 Å². The molecule has 5 rings (SSSR count). The Morgan fingerprint density at radius 3 is 2.47 bits per heavy atom. The monoisotopic (exact) mass is 561 g/mol. The highest BCUT2D eigenvalue weighted by molar-refractivity contribution is 14.1.